The Balaban J connectivity index is 0.944. The van der Waals surface area contributed by atoms with Gasteiger partial charge in [0.15, 0.2) is 11.5 Å². The van der Waals surface area contributed by atoms with E-state index in [0.717, 1.165) is 21.9 Å². The van der Waals surface area contributed by atoms with Crippen LogP contribution in [0.3, 0.4) is 0 Å². The summed E-state index contributed by atoms with van der Waals surface area (Å²) in [6.07, 6.45) is -5.95. The topological polar surface area (TPSA) is 187 Å². The predicted molar refractivity (Wildman–Crippen MR) is 165 cm³/mol. The van der Waals surface area contributed by atoms with Gasteiger partial charge in [-0.15, -0.1) is 0 Å². The first-order valence-corrected chi connectivity index (χ1v) is 16.0. The summed E-state index contributed by atoms with van der Waals surface area (Å²) < 4.78 is 70.1. The molecule has 2 saturated carbocycles. The van der Waals surface area contributed by atoms with Crippen molar-refractivity contribution in [1.29, 1.82) is 0 Å². The molecular weight excluding hydrogens is 713 g/mol. The minimum absolute atomic E-state index is 0.0118. The number of aromatic nitrogens is 4. The molecule has 5 amide bonds. The van der Waals surface area contributed by atoms with Gasteiger partial charge in [-0.3, -0.25) is 14.3 Å². The Morgan fingerprint density at radius 3 is 2.29 bits per heavy atom. The van der Waals surface area contributed by atoms with E-state index in [1.807, 2.05) is 0 Å². The fourth-order valence-corrected chi connectivity index (χ4v) is 7.01. The molecule has 4 fully saturated rings. The normalized spacial score (nSPS) is 26.1. The summed E-state index contributed by atoms with van der Waals surface area (Å²) in [5, 5.41) is 30.6. The molecule has 0 spiro atoms. The van der Waals surface area contributed by atoms with Crippen LogP contribution in [0.2, 0.25) is 5.02 Å². The van der Waals surface area contributed by atoms with E-state index in [1.165, 1.54) is 25.2 Å². The van der Waals surface area contributed by atoms with Crippen molar-refractivity contribution in [3.8, 4) is 11.3 Å². The smallest absolute Gasteiger partial charge is 0.435 e. The number of carboxylic acid groups (broad SMARTS) is 1. The minimum atomic E-state index is -4.97. The van der Waals surface area contributed by atoms with Gasteiger partial charge in [0.05, 0.1) is 46.7 Å². The van der Waals surface area contributed by atoms with Crippen molar-refractivity contribution in [2.45, 2.75) is 42.7 Å². The third-order valence-corrected chi connectivity index (χ3v) is 10.0. The number of aliphatic hydroxyl groups is 1. The van der Waals surface area contributed by atoms with Crippen molar-refractivity contribution in [3.63, 3.8) is 0 Å². The number of aliphatic hydroxyl groups excluding tert-OH is 1. The van der Waals surface area contributed by atoms with E-state index in [-0.39, 0.29) is 58.8 Å². The molecule has 3 aromatic rings. The Kier molecular flexibility index (Phi) is 8.16. The molecule has 21 heteroatoms. The number of hydrogen-bond acceptors (Lipinski definition) is 7. The van der Waals surface area contributed by atoms with Crippen molar-refractivity contribution in [2.24, 2.45) is 18.9 Å². The third kappa shape index (κ3) is 6.41. The number of carbonyl (C=O) groups excluding carboxylic acids is 3. The Labute approximate surface area is 289 Å². The number of β-amino-alcohol motifs (C(OH)–C–C–N with tert-alkyl or cyclic N) is 1. The number of likely N-dealkylation sites (tertiary alicyclic amines) is 2. The Morgan fingerprint density at radius 1 is 1.02 bits per heavy atom. The summed E-state index contributed by atoms with van der Waals surface area (Å²) in [6, 6.07) is 1.19. The second-order valence-corrected chi connectivity index (χ2v) is 13.5. The van der Waals surface area contributed by atoms with E-state index < -0.39 is 71.9 Å². The number of nitrogens with one attached hydrogen (secondary N) is 3. The molecule has 2 saturated heterocycles. The van der Waals surface area contributed by atoms with Gasteiger partial charge in [0.1, 0.15) is 6.04 Å². The van der Waals surface area contributed by atoms with E-state index in [2.05, 4.69) is 26.0 Å². The van der Waals surface area contributed by atoms with Gasteiger partial charge in [0.25, 0.3) is 17.7 Å². The summed E-state index contributed by atoms with van der Waals surface area (Å²) in [5.74, 6) is -4.81. The van der Waals surface area contributed by atoms with Gasteiger partial charge in [-0.1, -0.05) is 11.6 Å². The Hall–Kier alpha value is -4.98. The third-order valence-electron chi connectivity index (χ3n) is 9.70. The van der Waals surface area contributed by atoms with E-state index in [0.29, 0.717) is 17.8 Å². The SMILES string of the molecule is Cn1c(-c2cn([C@@H]3CC3(F)F)nc2C(F)(F)F)cnc1C(=O)Nc1ccc(C(=O)N[C@@H]2[C@@H]3CN(C(=O)N[C@@H]4CN(C(=O)O)C[C@H]4O)C[C@@H]32)c(Cl)c1. The summed E-state index contributed by atoms with van der Waals surface area (Å²) in [7, 11) is 1.29. The highest BCUT2D eigenvalue weighted by Crippen LogP contribution is 2.53. The maximum atomic E-state index is 13.8. The Morgan fingerprint density at radius 2 is 1.71 bits per heavy atom. The molecule has 4 heterocycles. The van der Waals surface area contributed by atoms with Gasteiger partial charge in [0.2, 0.25) is 0 Å². The lowest BCUT2D eigenvalue weighted by atomic mass is 10.2. The molecule has 7 rings (SSSR count). The van der Waals surface area contributed by atoms with E-state index in [9.17, 15) is 46.2 Å². The lowest BCUT2D eigenvalue weighted by molar-refractivity contribution is -0.141. The lowest BCUT2D eigenvalue weighted by Crippen LogP contribution is -2.50. The van der Waals surface area contributed by atoms with Crippen LogP contribution in [-0.2, 0) is 13.2 Å². The van der Waals surface area contributed by atoms with Crippen LogP contribution in [0.1, 0.15) is 39.1 Å². The number of imidazole rings is 1. The largest absolute Gasteiger partial charge is 0.465 e. The maximum absolute atomic E-state index is 13.8. The molecule has 2 aliphatic carbocycles. The van der Waals surface area contributed by atoms with Crippen molar-refractivity contribution in [3.05, 3.63) is 52.7 Å². The van der Waals surface area contributed by atoms with Gasteiger partial charge in [-0.25, -0.2) is 23.4 Å². The number of fused-ring (bicyclic) bond motifs is 1. The lowest BCUT2D eigenvalue weighted by Gasteiger charge is -2.24. The fraction of sp³-hybridized carbons (Fsp3) is 0.467. The molecule has 5 N–H and O–H groups in total. The fourth-order valence-electron chi connectivity index (χ4n) is 6.74. The number of anilines is 1. The first-order valence-electron chi connectivity index (χ1n) is 15.6. The number of piperidine rings is 1. The number of nitrogens with zero attached hydrogens (tertiary/aromatic N) is 6. The molecule has 2 aromatic heterocycles. The van der Waals surface area contributed by atoms with Crippen LogP contribution in [0.15, 0.2) is 30.6 Å². The number of alkyl halides is 5. The van der Waals surface area contributed by atoms with Crippen LogP contribution in [0.4, 0.5) is 37.2 Å². The first kappa shape index (κ1) is 34.5. The van der Waals surface area contributed by atoms with Crippen LogP contribution in [0.25, 0.3) is 11.3 Å². The summed E-state index contributed by atoms with van der Waals surface area (Å²) >= 11 is 6.37. The van der Waals surface area contributed by atoms with Crippen LogP contribution >= 0.6 is 11.6 Å². The summed E-state index contributed by atoms with van der Waals surface area (Å²) in [6.45, 7) is 0.564. The summed E-state index contributed by atoms with van der Waals surface area (Å²) in [5.41, 5.74) is -1.85. The highest BCUT2D eigenvalue weighted by Gasteiger charge is 2.60. The predicted octanol–water partition coefficient (Wildman–Crippen LogP) is 2.88. The molecule has 0 unspecified atom stereocenters. The van der Waals surface area contributed by atoms with Gasteiger partial charge >= 0.3 is 18.3 Å². The van der Waals surface area contributed by atoms with E-state index in [1.54, 1.807) is 4.90 Å². The molecule has 51 heavy (non-hydrogen) atoms. The molecule has 2 aliphatic heterocycles. The average Bonchev–Trinajstić information content (AvgIpc) is 3.50. The Bertz CT molecular complexity index is 1940. The van der Waals surface area contributed by atoms with Gasteiger partial charge in [-0.2, -0.15) is 18.3 Å². The molecule has 272 valence electrons. The number of amides is 5. The van der Waals surface area contributed by atoms with Gasteiger partial charge in [0, 0.05) is 62.9 Å². The zero-order chi connectivity index (χ0) is 36.7. The number of carbonyl (C=O) groups is 4. The quantitative estimate of drug-likeness (QED) is 0.229. The zero-order valence-corrected chi connectivity index (χ0v) is 27.1. The number of halogens is 6. The van der Waals surface area contributed by atoms with Gasteiger partial charge in [-0.05, 0) is 18.2 Å². The van der Waals surface area contributed by atoms with Crippen molar-refractivity contribution < 1.29 is 51.3 Å². The highest BCUT2D eigenvalue weighted by molar-refractivity contribution is 6.34. The van der Waals surface area contributed by atoms with Crippen LogP contribution in [0.5, 0.6) is 0 Å². The van der Waals surface area contributed by atoms with Gasteiger partial charge < -0.3 is 40.5 Å². The van der Waals surface area contributed by atoms with E-state index >= 15 is 0 Å². The number of benzene rings is 1. The highest BCUT2D eigenvalue weighted by atomic mass is 35.5. The van der Waals surface area contributed by atoms with Crippen LogP contribution < -0.4 is 16.0 Å². The number of urea groups is 1. The van der Waals surface area contributed by atoms with Crippen LogP contribution in [-0.4, -0.2) is 114 Å². The monoisotopic (exact) mass is 741 g/mol. The van der Waals surface area contributed by atoms with Crippen LogP contribution in [0, 0.1) is 11.8 Å². The minimum Gasteiger partial charge on any atom is -0.465 e. The first-order chi connectivity index (χ1) is 23.9. The molecular formula is C30H29ClF5N9O6. The standard InChI is InChI=1S/C30H29ClF5N9O6/c1-42-19(16-9-45(21-5-29(21,32)33)41-23(16)30(34,35)36)6-37-24(42)26(48)38-12-2-3-13(17(31)4-12)25(47)40-22-14-7-43(8-15(14)22)27(49)39-18-10-44(28(50)51)11-20(18)46/h2-4,6,9,14-15,18,20-22,46H,5,7-8,10-11H2,1H3,(H,38,48)(H,39,49)(H,40,47)(H,50,51)/t14-,15+,18-,20-,21-,22-/m1/s1. The van der Waals surface area contributed by atoms with Crippen molar-refractivity contribution in [1.82, 2.24) is 39.8 Å². The number of hydrogen-bond donors (Lipinski definition) is 5. The molecule has 6 atom stereocenters. The zero-order valence-electron chi connectivity index (χ0n) is 26.4. The molecule has 0 bridgehead atoms. The molecule has 4 aliphatic rings. The summed E-state index contributed by atoms with van der Waals surface area (Å²) in [4.78, 5) is 56.4. The molecule has 15 nitrogen and oxygen atoms in total. The second-order valence-electron chi connectivity index (χ2n) is 13.1. The number of rotatable bonds is 7. The second kappa shape index (κ2) is 12.1. The van der Waals surface area contributed by atoms with Crippen molar-refractivity contribution in [2.75, 3.05) is 31.5 Å². The van der Waals surface area contributed by atoms with E-state index in [4.69, 9.17) is 16.7 Å². The maximum Gasteiger partial charge on any atom is 0.435 e. The molecule has 1 aromatic carbocycles. The molecule has 0 radical (unpaired) electrons. The average molecular weight is 742 g/mol. The van der Waals surface area contributed by atoms with Crippen molar-refractivity contribution >= 4 is 41.2 Å².